The molecule has 102 valence electrons. The summed E-state index contributed by atoms with van der Waals surface area (Å²) in [6.45, 7) is 1.27. The number of benzene rings is 1. The normalized spacial score (nSPS) is 11.5. The number of ether oxygens (including phenoxy) is 1. The molecule has 0 bridgehead atoms. The summed E-state index contributed by atoms with van der Waals surface area (Å²) >= 11 is 3.00. The second kappa shape index (κ2) is 6.28. The Kier molecular flexibility index (Phi) is 4.99. The van der Waals surface area contributed by atoms with Gasteiger partial charge in [0.15, 0.2) is 6.10 Å². The van der Waals surface area contributed by atoms with E-state index in [0.717, 1.165) is 12.1 Å². The zero-order valence-corrected chi connectivity index (χ0v) is 11.4. The molecule has 3 N–H and O–H groups in total. The van der Waals surface area contributed by atoms with Gasteiger partial charge in [0.05, 0.1) is 5.56 Å². The van der Waals surface area contributed by atoms with Gasteiger partial charge in [0.1, 0.15) is 5.82 Å². The smallest absolute Gasteiger partial charge is 0.340 e. The van der Waals surface area contributed by atoms with Gasteiger partial charge in [-0.05, 0) is 41.1 Å². The first-order valence-electron chi connectivity index (χ1n) is 5.07. The second-order valence-corrected chi connectivity index (χ2v) is 4.38. The summed E-state index contributed by atoms with van der Waals surface area (Å²) < 4.78 is 17.9. The van der Waals surface area contributed by atoms with Crippen LogP contribution in [0, 0.1) is 5.82 Å². The van der Waals surface area contributed by atoms with Crippen LogP contribution >= 0.6 is 15.9 Å². The Morgan fingerprint density at radius 2 is 2.05 bits per heavy atom. The standard InChI is InChI=1S/C11H10BrFN2O4/c1-5(9(16)15-11(14)18)19-10(17)7-3-2-6(13)4-8(7)12/h2-5H,1H3,(H3,14,15,16,18)/t5-/m0/s1. The molecule has 0 aliphatic rings. The number of imide groups is 1. The SMILES string of the molecule is C[C@H](OC(=O)c1ccc(F)cc1Br)C(=O)NC(N)=O. The van der Waals surface area contributed by atoms with E-state index < -0.39 is 29.8 Å². The van der Waals surface area contributed by atoms with Gasteiger partial charge in [-0.3, -0.25) is 10.1 Å². The Morgan fingerprint density at radius 3 is 2.58 bits per heavy atom. The summed E-state index contributed by atoms with van der Waals surface area (Å²) in [7, 11) is 0. The van der Waals surface area contributed by atoms with E-state index in [1.165, 1.54) is 13.0 Å². The van der Waals surface area contributed by atoms with Crippen molar-refractivity contribution in [3.63, 3.8) is 0 Å². The summed E-state index contributed by atoms with van der Waals surface area (Å²) in [5.41, 5.74) is 4.81. The van der Waals surface area contributed by atoms with E-state index in [4.69, 9.17) is 10.5 Å². The quantitative estimate of drug-likeness (QED) is 0.815. The van der Waals surface area contributed by atoms with E-state index in [1.54, 1.807) is 5.32 Å². The lowest BCUT2D eigenvalue weighted by molar-refractivity contribution is -0.127. The van der Waals surface area contributed by atoms with Crippen LogP contribution in [0.25, 0.3) is 0 Å². The Balaban J connectivity index is 2.74. The minimum Gasteiger partial charge on any atom is -0.449 e. The van der Waals surface area contributed by atoms with Crippen LogP contribution in [0.3, 0.4) is 0 Å². The van der Waals surface area contributed by atoms with Crippen LogP contribution in [0.5, 0.6) is 0 Å². The monoisotopic (exact) mass is 332 g/mol. The fourth-order valence-corrected chi connectivity index (χ4v) is 1.67. The Labute approximate surface area is 116 Å². The Hall–Kier alpha value is -1.96. The molecule has 19 heavy (non-hydrogen) atoms. The summed E-state index contributed by atoms with van der Waals surface area (Å²) in [5, 5.41) is 1.77. The first-order valence-corrected chi connectivity index (χ1v) is 5.87. The second-order valence-electron chi connectivity index (χ2n) is 3.53. The highest BCUT2D eigenvalue weighted by molar-refractivity contribution is 9.10. The number of halogens is 2. The van der Waals surface area contributed by atoms with E-state index in [0.29, 0.717) is 0 Å². The van der Waals surface area contributed by atoms with Gasteiger partial charge in [-0.25, -0.2) is 14.0 Å². The molecule has 0 heterocycles. The Morgan fingerprint density at radius 1 is 1.42 bits per heavy atom. The number of nitrogens with one attached hydrogen (secondary N) is 1. The van der Waals surface area contributed by atoms with Crippen molar-refractivity contribution in [2.24, 2.45) is 5.73 Å². The summed E-state index contributed by atoms with van der Waals surface area (Å²) in [5.74, 6) is -2.21. The minimum absolute atomic E-state index is 0.0557. The highest BCUT2D eigenvalue weighted by atomic mass is 79.9. The number of esters is 1. The molecule has 1 aromatic carbocycles. The van der Waals surface area contributed by atoms with Crippen LogP contribution in [-0.4, -0.2) is 24.0 Å². The van der Waals surface area contributed by atoms with Crippen LogP contribution in [0.1, 0.15) is 17.3 Å². The molecule has 3 amide bonds. The maximum Gasteiger partial charge on any atom is 0.340 e. The number of amides is 3. The zero-order valence-electron chi connectivity index (χ0n) is 9.78. The van der Waals surface area contributed by atoms with Crippen LogP contribution in [0.2, 0.25) is 0 Å². The number of carbonyl (C=O) groups is 3. The molecular formula is C11H10BrFN2O4. The first kappa shape index (κ1) is 15.1. The van der Waals surface area contributed by atoms with Crippen molar-refractivity contribution in [3.05, 3.63) is 34.1 Å². The van der Waals surface area contributed by atoms with Gasteiger partial charge in [-0.2, -0.15) is 0 Å². The summed E-state index contributed by atoms with van der Waals surface area (Å²) in [4.78, 5) is 33.5. The largest absolute Gasteiger partial charge is 0.449 e. The highest BCUT2D eigenvalue weighted by Crippen LogP contribution is 2.19. The molecule has 0 aromatic heterocycles. The van der Waals surface area contributed by atoms with Crippen molar-refractivity contribution in [3.8, 4) is 0 Å². The molecule has 0 aliphatic carbocycles. The molecule has 6 nitrogen and oxygen atoms in total. The molecular weight excluding hydrogens is 323 g/mol. The van der Waals surface area contributed by atoms with Gasteiger partial charge in [-0.1, -0.05) is 0 Å². The number of urea groups is 1. The first-order chi connectivity index (χ1) is 8.81. The van der Waals surface area contributed by atoms with Crippen LogP contribution in [0.4, 0.5) is 9.18 Å². The van der Waals surface area contributed by atoms with Crippen molar-refractivity contribution >= 4 is 33.8 Å². The Bertz CT molecular complexity index is 535. The van der Waals surface area contributed by atoms with Crippen LogP contribution < -0.4 is 11.1 Å². The van der Waals surface area contributed by atoms with Crippen molar-refractivity contribution < 1.29 is 23.5 Å². The summed E-state index contributed by atoms with van der Waals surface area (Å²) in [6.07, 6.45) is -1.21. The van der Waals surface area contributed by atoms with Crippen molar-refractivity contribution in [2.45, 2.75) is 13.0 Å². The molecule has 0 radical (unpaired) electrons. The van der Waals surface area contributed by atoms with Gasteiger partial charge in [0, 0.05) is 4.47 Å². The van der Waals surface area contributed by atoms with E-state index in [9.17, 15) is 18.8 Å². The maximum atomic E-state index is 12.8. The van der Waals surface area contributed by atoms with E-state index in [2.05, 4.69) is 15.9 Å². The fourth-order valence-electron chi connectivity index (χ4n) is 1.16. The van der Waals surface area contributed by atoms with E-state index in [-0.39, 0.29) is 10.0 Å². The van der Waals surface area contributed by atoms with Crippen LogP contribution in [0.15, 0.2) is 22.7 Å². The average molecular weight is 333 g/mol. The predicted molar refractivity (Wildman–Crippen MR) is 66.7 cm³/mol. The molecule has 1 aromatic rings. The average Bonchev–Trinajstić information content (AvgIpc) is 2.27. The molecule has 0 saturated heterocycles. The number of hydrogen-bond acceptors (Lipinski definition) is 4. The third-order valence-corrected chi connectivity index (χ3v) is 2.71. The lowest BCUT2D eigenvalue weighted by Gasteiger charge is -2.12. The number of primary amides is 1. The van der Waals surface area contributed by atoms with Gasteiger partial charge in [0.25, 0.3) is 5.91 Å². The number of rotatable bonds is 3. The number of nitrogens with two attached hydrogens (primary N) is 1. The van der Waals surface area contributed by atoms with Crippen LogP contribution in [-0.2, 0) is 9.53 Å². The third kappa shape index (κ3) is 4.32. The van der Waals surface area contributed by atoms with Gasteiger partial charge < -0.3 is 10.5 Å². The minimum atomic E-state index is -1.21. The molecule has 0 spiro atoms. The lowest BCUT2D eigenvalue weighted by atomic mass is 10.2. The van der Waals surface area contributed by atoms with Crippen molar-refractivity contribution in [1.29, 1.82) is 0 Å². The number of hydrogen-bond donors (Lipinski definition) is 2. The fraction of sp³-hybridized carbons (Fsp3) is 0.182. The molecule has 1 rings (SSSR count). The molecule has 0 saturated carbocycles. The molecule has 0 unspecified atom stereocenters. The van der Waals surface area contributed by atoms with Gasteiger partial charge in [-0.15, -0.1) is 0 Å². The number of carbonyl (C=O) groups excluding carboxylic acids is 3. The van der Waals surface area contributed by atoms with Gasteiger partial charge >= 0.3 is 12.0 Å². The zero-order chi connectivity index (χ0) is 14.6. The molecule has 8 heteroatoms. The highest BCUT2D eigenvalue weighted by Gasteiger charge is 2.21. The summed E-state index contributed by atoms with van der Waals surface area (Å²) in [6, 6.07) is 2.33. The van der Waals surface area contributed by atoms with E-state index >= 15 is 0 Å². The topological polar surface area (TPSA) is 98.5 Å². The van der Waals surface area contributed by atoms with Crippen molar-refractivity contribution in [2.75, 3.05) is 0 Å². The third-order valence-electron chi connectivity index (χ3n) is 2.05. The van der Waals surface area contributed by atoms with Gasteiger partial charge in [0.2, 0.25) is 0 Å². The molecule has 1 atom stereocenters. The van der Waals surface area contributed by atoms with E-state index in [1.807, 2.05) is 0 Å². The molecule has 0 fully saturated rings. The predicted octanol–water partition coefficient (Wildman–Crippen LogP) is 1.33. The lowest BCUT2D eigenvalue weighted by Crippen LogP contribution is -2.42. The maximum absolute atomic E-state index is 12.8. The molecule has 0 aliphatic heterocycles. The van der Waals surface area contributed by atoms with Crippen molar-refractivity contribution in [1.82, 2.24) is 5.32 Å².